The molecular formula is C17H24O. The van der Waals surface area contributed by atoms with Gasteiger partial charge in [0.05, 0.1) is 6.10 Å². The molecule has 1 atom stereocenters. The van der Waals surface area contributed by atoms with Crippen LogP contribution in [0.25, 0.3) is 0 Å². The van der Waals surface area contributed by atoms with Gasteiger partial charge < -0.3 is 5.11 Å². The van der Waals surface area contributed by atoms with Crippen molar-refractivity contribution >= 4 is 0 Å². The zero-order valence-electron chi connectivity index (χ0n) is 11.1. The van der Waals surface area contributed by atoms with Crippen LogP contribution in [0.1, 0.15) is 50.5 Å². The normalized spacial score (nSPS) is 17.9. The van der Waals surface area contributed by atoms with E-state index in [1.54, 1.807) is 0 Å². The van der Waals surface area contributed by atoms with E-state index in [0.29, 0.717) is 0 Å². The molecule has 1 aromatic carbocycles. The average Bonchev–Trinajstić information content (AvgIpc) is 2.69. The topological polar surface area (TPSA) is 20.2 Å². The van der Waals surface area contributed by atoms with Gasteiger partial charge in [0.1, 0.15) is 0 Å². The molecule has 2 rings (SSSR count). The van der Waals surface area contributed by atoms with Crippen molar-refractivity contribution in [2.75, 3.05) is 0 Å². The Morgan fingerprint density at radius 3 is 2.72 bits per heavy atom. The van der Waals surface area contributed by atoms with Crippen molar-refractivity contribution in [2.45, 2.75) is 57.5 Å². The first-order valence-electron chi connectivity index (χ1n) is 7.27. The molecule has 1 aliphatic carbocycles. The van der Waals surface area contributed by atoms with E-state index >= 15 is 0 Å². The summed E-state index contributed by atoms with van der Waals surface area (Å²) in [7, 11) is 0. The van der Waals surface area contributed by atoms with Crippen LogP contribution in [0.15, 0.2) is 42.0 Å². The summed E-state index contributed by atoms with van der Waals surface area (Å²) >= 11 is 0. The molecule has 0 radical (unpaired) electrons. The molecule has 98 valence electrons. The highest BCUT2D eigenvalue weighted by Crippen LogP contribution is 2.22. The van der Waals surface area contributed by atoms with Crippen LogP contribution in [0.3, 0.4) is 0 Å². The van der Waals surface area contributed by atoms with E-state index in [0.717, 1.165) is 32.1 Å². The van der Waals surface area contributed by atoms with Crippen molar-refractivity contribution in [3.63, 3.8) is 0 Å². The quantitative estimate of drug-likeness (QED) is 0.767. The average molecular weight is 244 g/mol. The van der Waals surface area contributed by atoms with Crippen molar-refractivity contribution in [2.24, 2.45) is 0 Å². The van der Waals surface area contributed by atoms with E-state index in [1.165, 1.54) is 30.4 Å². The minimum atomic E-state index is -0.202. The zero-order chi connectivity index (χ0) is 12.6. The number of allylic oxidation sites excluding steroid dienone is 1. The Hall–Kier alpha value is -1.08. The lowest BCUT2D eigenvalue weighted by Crippen LogP contribution is -2.10. The molecule has 0 saturated carbocycles. The molecule has 1 N–H and O–H groups in total. The van der Waals surface area contributed by atoms with Gasteiger partial charge in [-0.1, -0.05) is 42.8 Å². The predicted molar refractivity (Wildman–Crippen MR) is 76.6 cm³/mol. The van der Waals surface area contributed by atoms with Crippen LogP contribution in [0.2, 0.25) is 0 Å². The summed E-state index contributed by atoms with van der Waals surface area (Å²) in [6, 6.07) is 10.5. The van der Waals surface area contributed by atoms with Gasteiger partial charge >= 0.3 is 0 Å². The van der Waals surface area contributed by atoms with E-state index in [4.69, 9.17) is 0 Å². The first-order chi connectivity index (χ1) is 8.86. The lowest BCUT2D eigenvalue weighted by atomic mass is 9.98. The molecule has 0 saturated heterocycles. The van der Waals surface area contributed by atoms with Crippen LogP contribution in [-0.2, 0) is 6.42 Å². The smallest absolute Gasteiger partial charge is 0.0750 e. The summed E-state index contributed by atoms with van der Waals surface area (Å²) in [5, 5.41) is 10.2. The Morgan fingerprint density at radius 2 is 1.89 bits per heavy atom. The molecule has 0 spiro atoms. The SMILES string of the molecule is OC(CCCc1ccccc1)C1=CCCCCC1. The maximum Gasteiger partial charge on any atom is 0.0750 e. The molecule has 1 unspecified atom stereocenters. The second-order valence-electron chi connectivity index (χ2n) is 5.27. The number of aryl methyl sites for hydroxylation is 1. The van der Waals surface area contributed by atoms with Gasteiger partial charge in [-0.05, 0) is 56.1 Å². The molecular weight excluding hydrogens is 220 g/mol. The second-order valence-corrected chi connectivity index (χ2v) is 5.27. The predicted octanol–water partition coefficient (Wildman–Crippen LogP) is 4.26. The maximum atomic E-state index is 10.2. The lowest BCUT2D eigenvalue weighted by molar-refractivity contribution is 0.193. The molecule has 18 heavy (non-hydrogen) atoms. The largest absolute Gasteiger partial charge is 0.389 e. The molecule has 0 fully saturated rings. The zero-order valence-corrected chi connectivity index (χ0v) is 11.1. The second kappa shape index (κ2) is 7.38. The number of rotatable bonds is 5. The first kappa shape index (κ1) is 13.4. The standard InChI is InChI=1S/C17H24O/c18-17(16-12-6-1-2-7-13-16)14-8-11-15-9-4-3-5-10-15/h3-5,9-10,12,17-18H,1-2,6-8,11,13-14H2. The van der Waals surface area contributed by atoms with E-state index in [9.17, 15) is 5.11 Å². The van der Waals surface area contributed by atoms with Gasteiger partial charge in [-0.2, -0.15) is 0 Å². The molecule has 0 aromatic heterocycles. The van der Waals surface area contributed by atoms with Gasteiger partial charge in [0, 0.05) is 0 Å². The highest BCUT2D eigenvalue weighted by molar-refractivity contribution is 5.15. The molecule has 0 amide bonds. The van der Waals surface area contributed by atoms with E-state index in [2.05, 4.69) is 36.4 Å². The molecule has 1 nitrogen and oxygen atoms in total. The minimum Gasteiger partial charge on any atom is -0.389 e. The van der Waals surface area contributed by atoms with E-state index < -0.39 is 0 Å². The number of aliphatic hydroxyl groups is 1. The number of benzene rings is 1. The third kappa shape index (κ3) is 4.30. The van der Waals surface area contributed by atoms with Gasteiger partial charge in [-0.15, -0.1) is 0 Å². The van der Waals surface area contributed by atoms with Gasteiger partial charge in [-0.3, -0.25) is 0 Å². The van der Waals surface area contributed by atoms with Crippen molar-refractivity contribution in [3.8, 4) is 0 Å². The van der Waals surface area contributed by atoms with Gasteiger partial charge in [-0.25, -0.2) is 0 Å². The Balaban J connectivity index is 1.74. The van der Waals surface area contributed by atoms with Crippen LogP contribution < -0.4 is 0 Å². The molecule has 0 aliphatic heterocycles. The van der Waals surface area contributed by atoms with Crippen LogP contribution >= 0.6 is 0 Å². The fourth-order valence-corrected chi connectivity index (χ4v) is 2.67. The molecule has 1 aliphatic rings. The van der Waals surface area contributed by atoms with Crippen LogP contribution in [0.5, 0.6) is 0 Å². The molecule has 0 heterocycles. The third-order valence-corrected chi connectivity index (χ3v) is 3.79. The molecule has 1 aromatic rings. The summed E-state index contributed by atoms with van der Waals surface area (Å²) in [4.78, 5) is 0. The Kier molecular flexibility index (Phi) is 5.47. The van der Waals surface area contributed by atoms with Gasteiger partial charge in [0.2, 0.25) is 0 Å². The maximum absolute atomic E-state index is 10.2. The van der Waals surface area contributed by atoms with Crippen molar-refractivity contribution in [3.05, 3.63) is 47.5 Å². The fraction of sp³-hybridized carbons (Fsp3) is 0.529. The Bertz CT molecular complexity index is 366. The Labute approximate surface area is 111 Å². The lowest BCUT2D eigenvalue weighted by Gasteiger charge is -2.14. The highest BCUT2D eigenvalue weighted by atomic mass is 16.3. The first-order valence-corrected chi connectivity index (χ1v) is 7.27. The summed E-state index contributed by atoms with van der Waals surface area (Å²) in [5.41, 5.74) is 2.67. The summed E-state index contributed by atoms with van der Waals surface area (Å²) in [5.74, 6) is 0. The van der Waals surface area contributed by atoms with Crippen LogP contribution in [0.4, 0.5) is 0 Å². The monoisotopic (exact) mass is 244 g/mol. The number of aliphatic hydroxyl groups excluding tert-OH is 1. The van der Waals surface area contributed by atoms with E-state index in [1.807, 2.05) is 0 Å². The van der Waals surface area contributed by atoms with Gasteiger partial charge in [0.15, 0.2) is 0 Å². The fourth-order valence-electron chi connectivity index (χ4n) is 2.67. The minimum absolute atomic E-state index is 0.202. The number of hydrogen-bond acceptors (Lipinski definition) is 1. The molecule has 1 heteroatoms. The highest BCUT2D eigenvalue weighted by Gasteiger charge is 2.12. The summed E-state index contributed by atoms with van der Waals surface area (Å²) in [6.07, 6.45) is 11.2. The van der Waals surface area contributed by atoms with E-state index in [-0.39, 0.29) is 6.10 Å². The van der Waals surface area contributed by atoms with Crippen molar-refractivity contribution < 1.29 is 5.11 Å². The van der Waals surface area contributed by atoms with Crippen LogP contribution in [-0.4, -0.2) is 11.2 Å². The van der Waals surface area contributed by atoms with Crippen LogP contribution in [0, 0.1) is 0 Å². The third-order valence-electron chi connectivity index (χ3n) is 3.79. The summed E-state index contributed by atoms with van der Waals surface area (Å²) in [6.45, 7) is 0. The van der Waals surface area contributed by atoms with Gasteiger partial charge in [0.25, 0.3) is 0 Å². The van der Waals surface area contributed by atoms with Crippen molar-refractivity contribution in [1.29, 1.82) is 0 Å². The summed E-state index contributed by atoms with van der Waals surface area (Å²) < 4.78 is 0. The molecule has 0 bridgehead atoms. The van der Waals surface area contributed by atoms with Crippen molar-refractivity contribution in [1.82, 2.24) is 0 Å². The number of hydrogen-bond donors (Lipinski definition) is 1. The Morgan fingerprint density at radius 1 is 1.06 bits per heavy atom.